The number of nitrogens with zero attached hydrogens (tertiary/aromatic N) is 1. The maximum atomic E-state index is 13.4. The van der Waals surface area contributed by atoms with E-state index in [0.717, 1.165) is 18.3 Å². The normalized spacial score (nSPS) is 11.3. The predicted octanol–water partition coefficient (Wildman–Crippen LogP) is 3.79. The van der Waals surface area contributed by atoms with Gasteiger partial charge in [0.2, 0.25) is 0 Å². The Bertz CT molecular complexity index is 537. The maximum absolute atomic E-state index is 13.4. The van der Waals surface area contributed by atoms with Crippen molar-refractivity contribution in [3.05, 3.63) is 48.5 Å². The van der Waals surface area contributed by atoms with Gasteiger partial charge in [-0.2, -0.15) is 0 Å². The fourth-order valence-corrected chi connectivity index (χ4v) is 1.45. The van der Waals surface area contributed by atoms with Crippen LogP contribution in [0, 0.1) is 5.82 Å². The van der Waals surface area contributed by atoms with Crippen molar-refractivity contribution in [2.75, 3.05) is 0 Å². The summed E-state index contributed by atoms with van der Waals surface area (Å²) in [4.78, 5) is 3.59. The first-order valence-corrected chi connectivity index (χ1v) is 4.91. The SMILES string of the molecule is Fc1cnccc1-c1ccc(OC(F)(F)F)cc1. The van der Waals surface area contributed by atoms with Gasteiger partial charge < -0.3 is 4.74 Å². The number of alkyl halides is 3. The average molecular weight is 257 g/mol. The van der Waals surface area contributed by atoms with E-state index in [2.05, 4.69) is 9.72 Å². The van der Waals surface area contributed by atoms with Crippen LogP contribution in [0.3, 0.4) is 0 Å². The lowest BCUT2D eigenvalue weighted by Crippen LogP contribution is -2.16. The Balaban J connectivity index is 2.26. The van der Waals surface area contributed by atoms with Crippen molar-refractivity contribution >= 4 is 0 Å². The fourth-order valence-electron chi connectivity index (χ4n) is 1.45. The summed E-state index contributed by atoms with van der Waals surface area (Å²) in [6.45, 7) is 0. The van der Waals surface area contributed by atoms with Crippen LogP contribution in [0.2, 0.25) is 0 Å². The highest BCUT2D eigenvalue weighted by atomic mass is 19.4. The van der Waals surface area contributed by atoms with E-state index in [4.69, 9.17) is 0 Å². The maximum Gasteiger partial charge on any atom is 0.573 e. The number of ether oxygens (including phenoxy) is 1. The molecular formula is C12H7F4NO. The third-order valence-electron chi connectivity index (χ3n) is 2.17. The lowest BCUT2D eigenvalue weighted by molar-refractivity contribution is -0.274. The van der Waals surface area contributed by atoms with Gasteiger partial charge >= 0.3 is 6.36 Å². The van der Waals surface area contributed by atoms with E-state index in [1.54, 1.807) is 0 Å². The smallest absolute Gasteiger partial charge is 0.406 e. The van der Waals surface area contributed by atoms with Crippen LogP contribution in [0.5, 0.6) is 5.75 Å². The molecule has 18 heavy (non-hydrogen) atoms. The van der Waals surface area contributed by atoms with Crippen molar-refractivity contribution in [1.82, 2.24) is 4.98 Å². The summed E-state index contributed by atoms with van der Waals surface area (Å²) in [7, 11) is 0. The molecule has 1 aromatic carbocycles. The standard InChI is InChI=1S/C12H7F4NO/c13-11-7-17-6-5-10(11)8-1-3-9(4-2-8)18-12(14,15)16/h1-7H. The second kappa shape index (κ2) is 4.64. The van der Waals surface area contributed by atoms with Gasteiger partial charge in [-0.3, -0.25) is 4.98 Å². The first-order valence-electron chi connectivity index (χ1n) is 4.91. The summed E-state index contributed by atoms with van der Waals surface area (Å²) in [6, 6.07) is 6.39. The molecule has 0 aliphatic rings. The molecule has 0 fully saturated rings. The minimum Gasteiger partial charge on any atom is -0.406 e. The molecule has 2 nitrogen and oxygen atoms in total. The largest absolute Gasteiger partial charge is 0.573 e. The highest BCUT2D eigenvalue weighted by Crippen LogP contribution is 2.27. The fraction of sp³-hybridized carbons (Fsp3) is 0.0833. The number of halogens is 4. The molecule has 0 radical (unpaired) electrons. The average Bonchev–Trinajstić information content (AvgIpc) is 2.29. The van der Waals surface area contributed by atoms with E-state index < -0.39 is 12.2 Å². The summed E-state index contributed by atoms with van der Waals surface area (Å²) in [6.07, 6.45) is -2.29. The van der Waals surface area contributed by atoms with Gasteiger partial charge in [0, 0.05) is 11.8 Å². The van der Waals surface area contributed by atoms with Gasteiger partial charge in [-0.1, -0.05) is 12.1 Å². The van der Waals surface area contributed by atoms with Crippen LogP contribution in [0.15, 0.2) is 42.7 Å². The number of aromatic nitrogens is 1. The molecule has 0 bridgehead atoms. The summed E-state index contributed by atoms with van der Waals surface area (Å²) in [5.74, 6) is -0.886. The van der Waals surface area contributed by atoms with Crippen molar-refractivity contribution in [1.29, 1.82) is 0 Å². The van der Waals surface area contributed by atoms with Crippen LogP contribution in [-0.4, -0.2) is 11.3 Å². The quantitative estimate of drug-likeness (QED) is 0.764. The molecule has 1 heterocycles. The van der Waals surface area contributed by atoms with E-state index in [1.165, 1.54) is 24.4 Å². The topological polar surface area (TPSA) is 22.1 Å². The summed E-state index contributed by atoms with van der Waals surface area (Å²) < 4.78 is 52.9. The van der Waals surface area contributed by atoms with Gasteiger partial charge in [-0.15, -0.1) is 13.2 Å². The zero-order chi connectivity index (χ0) is 13.2. The molecule has 0 atom stereocenters. The molecule has 94 valence electrons. The molecule has 0 aliphatic carbocycles. The molecule has 0 spiro atoms. The first kappa shape index (κ1) is 12.3. The third-order valence-corrected chi connectivity index (χ3v) is 2.17. The van der Waals surface area contributed by atoms with Gasteiger partial charge in [0.15, 0.2) is 0 Å². The minimum absolute atomic E-state index is 0.267. The molecule has 0 unspecified atom stereocenters. The summed E-state index contributed by atoms with van der Waals surface area (Å²) in [5, 5.41) is 0. The Morgan fingerprint density at radius 2 is 1.67 bits per heavy atom. The number of hydrogen-bond acceptors (Lipinski definition) is 2. The van der Waals surface area contributed by atoms with Crippen molar-refractivity contribution < 1.29 is 22.3 Å². The number of rotatable bonds is 2. The number of benzene rings is 1. The monoisotopic (exact) mass is 257 g/mol. The summed E-state index contributed by atoms with van der Waals surface area (Å²) in [5.41, 5.74) is 0.716. The molecule has 0 amide bonds. The van der Waals surface area contributed by atoms with Gasteiger partial charge in [0.1, 0.15) is 11.6 Å². The zero-order valence-electron chi connectivity index (χ0n) is 8.91. The number of pyridine rings is 1. The highest BCUT2D eigenvalue weighted by Gasteiger charge is 2.30. The molecule has 0 saturated heterocycles. The van der Waals surface area contributed by atoms with Crippen molar-refractivity contribution in [2.45, 2.75) is 6.36 Å². The third kappa shape index (κ3) is 2.97. The summed E-state index contributed by atoms with van der Waals surface area (Å²) >= 11 is 0. The van der Waals surface area contributed by atoms with Gasteiger partial charge in [0.05, 0.1) is 6.20 Å². The van der Waals surface area contributed by atoms with Crippen LogP contribution >= 0.6 is 0 Å². The molecule has 6 heteroatoms. The Labute approximate surface area is 99.8 Å². The van der Waals surface area contributed by atoms with E-state index in [-0.39, 0.29) is 11.3 Å². The Morgan fingerprint density at radius 3 is 2.22 bits per heavy atom. The number of hydrogen-bond donors (Lipinski definition) is 0. The molecule has 0 saturated carbocycles. The van der Waals surface area contributed by atoms with Crippen molar-refractivity contribution in [2.24, 2.45) is 0 Å². The van der Waals surface area contributed by atoms with Crippen LogP contribution < -0.4 is 4.74 Å². The molecule has 0 aliphatic heterocycles. The molecule has 2 rings (SSSR count). The van der Waals surface area contributed by atoms with E-state index in [1.807, 2.05) is 0 Å². The van der Waals surface area contributed by atoms with Crippen LogP contribution in [0.25, 0.3) is 11.1 Å². The van der Waals surface area contributed by atoms with Crippen LogP contribution in [0.1, 0.15) is 0 Å². The lowest BCUT2D eigenvalue weighted by atomic mass is 10.1. The lowest BCUT2D eigenvalue weighted by Gasteiger charge is -2.09. The van der Waals surface area contributed by atoms with Crippen molar-refractivity contribution in [3.63, 3.8) is 0 Å². The van der Waals surface area contributed by atoms with E-state index >= 15 is 0 Å². The minimum atomic E-state index is -4.73. The van der Waals surface area contributed by atoms with Gasteiger partial charge in [-0.05, 0) is 23.8 Å². The second-order valence-electron chi connectivity index (χ2n) is 3.43. The van der Waals surface area contributed by atoms with Gasteiger partial charge in [0.25, 0.3) is 0 Å². The first-order chi connectivity index (χ1) is 8.46. The Morgan fingerprint density at radius 1 is 1.00 bits per heavy atom. The van der Waals surface area contributed by atoms with E-state index in [9.17, 15) is 17.6 Å². The van der Waals surface area contributed by atoms with Crippen LogP contribution in [-0.2, 0) is 0 Å². The Kier molecular flexibility index (Phi) is 3.18. The van der Waals surface area contributed by atoms with Crippen molar-refractivity contribution in [3.8, 4) is 16.9 Å². The molecular weight excluding hydrogens is 250 g/mol. The molecule has 1 aromatic heterocycles. The van der Waals surface area contributed by atoms with E-state index in [0.29, 0.717) is 5.56 Å². The predicted molar refractivity (Wildman–Crippen MR) is 56.3 cm³/mol. The second-order valence-corrected chi connectivity index (χ2v) is 3.43. The van der Waals surface area contributed by atoms with Crippen LogP contribution in [0.4, 0.5) is 17.6 Å². The Hall–Kier alpha value is -2.11. The molecule has 0 N–H and O–H groups in total. The van der Waals surface area contributed by atoms with Gasteiger partial charge in [-0.25, -0.2) is 4.39 Å². The highest BCUT2D eigenvalue weighted by molar-refractivity contribution is 5.64. The molecule has 2 aromatic rings. The zero-order valence-corrected chi connectivity index (χ0v) is 8.91.